The number of amides is 2. The van der Waals surface area contributed by atoms with Crippen LogP contribution in [0.3, 0.4) is 0 Å². The van der Waals surface area contributed by atoms with Crippen LogP contribution in [-0.4, -0.2) is 34.2 Å². The first-order valence-electron chi connectivity index (χ1n) is 10.9. The van der Waals surface area contributed by atoms with Crippen molar-refractivity contribution in [2.45, 2.75) is 19.6 Å². The molecule has 1 fully saturated rings. The number of thioether (sulfide) groups is 1. The van der Waals surface area contributed by atoms with Crippen LogP contribution in [0.5, 0.6) is 11.5 Å². The van der Waals surface area contributed by atoms with Gasteiger partial charge in [-0.15, -0.1) is 0 Å². The largest absolute Gasteiger partial charge is 0.497 e. The quantitative estimate of drug-likeness (QED) is 0.323. The van der Waals surface area contributed by atoms with Gasteiger partial charge in [-0.05, 0) is 60.5 Å². The third kappa shape index (κ3) is 6.09. The normalized spacial score (nSPS) is 15.3. The molecule has 0 bridgehead atoms. The van der Waals surface area contributed by atoms with Crippen molar-refractivity contribution < 1.29 is 19.1 Å². The van der Waals surface area contributed by atoms with E-state index in [1.807, 2.05) is 54.6 Å². The Labute approximate surface area is 213 Å². The molecule has 3 aromatic rings. The van der Waals surface area contributed by atoms with E-state index in [-0.39, 0.29) is 11.8 Å². The lowest BCUT2D eigenvalue weighted by molar-refractivity contribution is -0.129. The van der Waals surface area contributed by atoms with Gasteiger partial charge in [0.05, 0.1) is 12.0 Å². The Morgan fingerprint density at radius 3 is 2.51 bits per heavy atom. The van der Waals surface area contributed by atoms with E-state index >= 15 is 0 Å². The van der Waals surface area contributed by atoms with E-state index in [1.165, 1.54) is 16.7 Å². The van der Waals surface area contributed by atoms with E-state index in [0.717, 1.165) is 11.1 Å². The van der Waals surface area contributed by atoms with E-state index in [1.54, 1.807) is 44.4 Å². The van der Waals surface area contributed by atoms with Crippen LogP contribution in [0.4, 0.5) is 5.69 Å². The summed E-state index contributed by atoms with van der Waals surface area (Å²) in [6.45, 7) is 2.11. The maximum absolute atomic E-state index is 13.1. The molecule has 2 amide bonds. The molecule has 1 aliphatic heterocycles. The smallest absolute Gasteiger partial charge is 0.266 e. The number of anilines is 1. The van der Waals surface area contributed by atoms with Gasteiger partial charge < -0.3 is 14.8 Å². The van der Waals surface area contributed by atoms with Gasteiger partial charge in [0.2, 0.25) is 5.91 Å². The molecular weight excluding hydrogens is 480 g/mol. The second-order valence-corrected chi connectivity index (χ2v) is 9.47. The highest BCUT2D eigenvalue weighted by molar-refractivity contribution is 8.26. The van der Waals surface area contributed by atoms with Gasteiger partial charge in [0.1, 0.15) is 28.5 Å². The molecule has 6 nitrogen and oxygen atoms in total. The lowest BCUT2D eigenvalue weighted by Crippen LogP contribution is -2.44. The van der Waals surface area contributed by atoms with Gasteiger partial charge in [-0.2, -0.15) is 0 Å². The average Bonchev–Trinajstić information content (AvgIpc) is 3.15. The van der Waals surface area contributed by atoms with Crippen LogP contribution >= 0.6 is 24.0 Å². The Kier molecular flexibility index (Phi) is 7.84. The van der Waals surface area contributed by atoms with Crippen molar-refractivity contribution in [3.8, 4) is 11.5 Å². The predicted molar refractivity (Wildman–Crippen MR) is 143 cm³/mol. The summed E-state index contributed by atoms with van der Waals surface area (Å²) in [5, 5.41) is 2.82. The van der Waals surface area contributed by atoms with Crippen LogP contribution < -0.4 is 14.8 Å². The number of hydrogen-bond acceptors (Lipinski definition) is 6. The van der Waals surface area contributed by atoms with Crippen LogP contribution in [0.25, 0.3) is 6.08 Å². The van der Waals surface area contributed by atoms with E-state index < -0.39 is 6.04 Å². The number of ether oxygens (including phenoxy) is 2. The molecule has 1 heterocycles. The number of rotatable bonds is 8. The minimum atomic E-state index is -0.768. The van der Waals surface area contributed by atoms with Gasteiger partial charge in [-0.3, -0.25) is 14.5 Å². The number of thiocarbonyl (C=S) groups is 1. The summed E-state index contributed by atoms with van der Waals surface area (Å²) in [6, 6.07) is 23.6. The molecule has 1 N–H and O–H groups in total. The summed E-state index contributed by atoms with van der Waals surface area (Å²) < 4.78 is 11.4. The second kappa shape index (κ2) is 11.2. The SMILES string of the molecule is COc1ccc(NC(=O)C(C)N2C(=O)/C(=C/c3cccc(OCc4ccccc4)c3)SC2=S)cc1. The van der Waals surface area contributed by atoms with Crippen LogP contribution in [0.15, 0.2) is 83.8 Å². The molecule has 0 aromatic heterocycles. The minimum Gasteiger partial charge on any atom is -0.497 e. The average molecular weight is 505 g/mol. The molecular formula is C27H24N2O4S2. The fourth-order valence-corrected chi connectivity index (χ4v) is 4.86. The van der Waals surface area contributed by atoms with Gasteiger partial charge in [0.15, 0.2) is 0 Å². The fourth-order valence-electron chi connectivity index (χ4n) is 3.44. The Bertz CT molecular complexity index is 1260. The van der Waals surface area contributed by atoms with Crippen LogP contribution in [-0.2, 0) is 16.2 Å². The molecule has 0 aliphatic carbocycles. The van der Waals surface area contributed by atoms with Crippen LogP contribution in [0.1, 0.15) is 18.1 Å². The van der Waals surface area contributed by atoms with Crippen molar-refractivity contribution in [2.75, 3.05) is 12.4 Å². The maximum atomic E-state index is 13.1. The van der Waals surface area contributed by atoms with Gasteiger partial charge in [-0.1, -0.05) is 66.4 Å². The van der Waals surface area contributed by atoms with E-state index in [9.17, 15) is 9.59 Å². The molecule has 1 unspecified atom stereocenters. The zero-order valence-corrected chi connectivity index (χ0v) is 20.9. The van der Waals surface area contributed by atoms with Crippen molar-refractivity contribution in [1.29, 1.82) is 0 Å². The summed E-state index contributed by atoms with van der Waals surface area (Å²) >= 11 is 6.61. The number of methoxy groups -OCH3 is 1. The van der Waals surface area contributed by atoms with E-state index in [4.69, 9.17) is 21.7 Å². The summed E-state index contributed by atoms with van der Waals surface area (Å²) in [5.41, 5.74) is 2.49. The van der Waals surface area contributed by atoms with Crippen LogP contribution in [0, 0.1) is 0 Å². The summed E-state index contributed by atoms with van der Waals surface area (Å²) in [4.78, 5) is 27.7. The molecule has 35 heavy (non-hydrogen) atoms. The molecule has 1 saturated heterocycles. The highest BCUT2D eigenvalue weighted by atomic mass is 32.2. The molecule has 1 aliphatic rings. The number of hydrogen-bond donors (Lipinski definition) is 1. The summed E-state index contributed by atoms with van der Waals surface area (Å²) in [6.07, 6.45) is 1.77. The van der Waals surface area contributed by atoms with Gasteiger partial charge in [0, 0.05) is 5.69 Å². The first-order chi connectivity index (χ1) is 16.9. The Balaban J connectivity index is 1.42. The fraction of sp³-hybridized carbons (Fsp3) is 0.148. The predicted octanol–water partition coefficient (Wildman–Crippen LogP) is 5.50. The highest BCUT2D eigenvalue weighted by Crippen LogP contribution is 2.34. The lowest BCUT2D eigenvalue weighted by Gasteiger charge is -2.22. The molecule has 0 saturated carbocycles. The number of carbonyl (C=O) groups is 2. The lowest BCUT2D eigenvalue weighted by atomic mass is 10.2. The van der Waals surface area contributed by atoms with Gasteiger partial charge in [0.25, 0.3) is 5.91 Å². The van der Waals surface area contributed by atoms with E-state index in [0.29, 0.717) is 33.0 Å². The number of nitrogens with one attached hydrogen (secondary N) is 1. The third-order valence-electron chi connectivity index (χ3n) is 5.35. The Morgan fingerprint density at radius 1 is 1.06 bits per heavy atom. The number of nitrogens with zero attached hydrogens (tertiary/aromatic N) is 1. The molecule has 0 spiro atoms. The Hall–Kier alpha value is -3.62. The first-order valence-corrected chi connectivity index (χ1v) is 12.2. The van der Waals surface area contributed by atoms with Crippen molar-refractivity contribution in [2.24, 2.45) is 0 Å². The van der Waals surface area contributed by atoms with Crippen molar-refractivity contribution in [3.63, 3.8) is 0 Å². The molecule has 1 atom stereocenters. The maximum Gasteiger partial charge on any atom is 0.266 e. The highest BCUT2D eigenvalue weighted by Gasteiger charge is 2.38. The zero-order valence-electron chi connectivity index (χ0n) is 19.3. The summed E-state index contributed by atoms with van der Waals surface area (Å²) in [7, 11) is 1.58. The summed E-state index contributed by atoms with van der Waals surface area (Å²) in [5.74, 6) is 0.759. The topological polar surface area (TPSA) is 67.9 Å². The van der Waals surface area contributed by atoms with Crippen molar-refractivity contribution in [3.05, 3.63) is 94.9 Å². The molecule has 8 heteroatoms. The minimum absolute atomic E-state index is 0.298. The third-order valence-corrected chi connectivity index (χ3v) is 6.68. The zero-order chi connectivity index (χ0) is 24.8. The molecule has 4 rings (SSSR count). The molecule has 3 aromatic carbocycles. The van der Waals surface area contributed by atoms with Crippen molar-refractivity contribution in [1.82, 2.24) is 4.90 Å². The first kappa shape index (κ1) is 24.5. The second-order valence-electron chi connectivity index (χ2n) is 7.79. The molecule has 0 radical (unpaired) electrons. The number of benzene rings is 3. The van der Waals surface area contributed by atoms with E-state index in [2.05, 4.69) is 5.32 Å². The monoisotopic (exact) mass is 504 g/mol. The Morgan fingerprint density at radius 2 is 1.80 bits per heavy atom. The number of carbonyl (C=O) groups excluding carboxylic acids is 2. The van der Waals surface area contributed by atoms with Gasteiger partial charge >= 0.3 is 0 Å². The van der Waals surface area contributed by atoms with Gasteiger partial charge in [-0.25, -0.2) is 0 Å². The van der Waals surface area contributed by atoms with Crippen molar-refractivity contribution >= 4 is 51.9 Å². The molecule has 178 valence electrons. The van der Waals surface area contributed by atoms with Crippen LogP contribution in [0.2, 0.25) is 0 Å². The standard InChI is InChI=1S/C27H24N2O4S2/c1-18(25(30)28-21-11-13-22(32-2)14-12-21)29-26(31)24(35-27(29)34)16-20-9-6-10-23(15-20)33-17-19-7-4-3-5-8-19/h3-16,18H,17H2,1-2H3,(H,28,30)/b24-16-.